The molecule has 15 heavy (non-hydrogen) atoms. The Morgan fingerprint density at radius 1 is 1.53 bits per heavy atom. The molecule has 0 atom stereocenters. The number of pyridine rings is 1. The van der Waals surface area contributed by atoms with E-state index in [9.17, 15) is 0 Å². The fourth-order valence-electron chi connectivity index (χ4n) is 1.79. The summed E-state index contributed by atoms with van der Waals surface area (Å²) in [5.41, 5.74) is 7.50. The molecular formula is C12H19N3. The van der Waals surface area contributed by atoms with E-state index >= 15 is 0 Å². The van der Waals surface area contributed by atoms with Crippen LogP contribution in [0, 0.1) is 12.8 Å². The van der Waals surface area contributed by atoms with Gasteiger partial charge in [-0.1, -0.05) is 12.8 Å². The van der Waals surface area contributed by atoms with Gasteiger partial charge in [-0.2, -0.15) is 0 Å². The first kappa shape index (κ1) is 10.3. The molecule has 0 radical (unpaired) electrons. The lowest BCUT2D eigenvalue weighted by Gasteiger charge is -2.08. The third-order valence-electron chi connectivity index (χ3n) is 2.88. The Hall–Kier alpha value is -1.25. The van der Waals surface area contributed by atoms with Gasteiger partial charge >= 0.3 is 0 Å². The van der Waals surface area contributed by atoms with Crippen LogP contribution >= 0.6 is 0 Å². The Balaban J connectivity index is 1.76. The number of rotatable bonds is 5. The summed E-state index contributed by atoms with van der Waals surface area (Å²) < 4.78 is 0. The number of nitrogens with zero attached hydrogens (tertiary/aromatic N) is 1. The maximum Gasteiger partial charge on any atom is 0.128 e. The molecule has 0 bridgehead atoms. The van der Waals surface area contributed by atoms with E-state index < -0.39 is 0 Å². The topological polar surface area (TPSA) is 50.9 Å². The Morgan fingerprint density at radius 2 is 2.33 bits per heavy atom. The van der Waals surface area contributed by atoms with Crippen molar-refractivity contribution < 1.29 is 0 Å². The zero-order chi connectivity index (χ0) is 10.7. The fraction of sp³-hybridized carbons (Fsp3) is 0.583. The quantitative estimate of drug-likeness (QED) is 0.726. The molecule has 3 heteroatoms. The smallest absolute Gasteiger partial charge is 0.128 e. The second-order valence-electron chi connectivity index (χ2n) is 4.45. The van der Waals surface area contributed by atoms with Gasteiger partial charge in [0.1, 0.15) is 5.82 Å². The van der Waals surface area contributed by atoms with Gasteiger partial charge in [-0.25, -0.2) is 4.98 Å². The van der Waals surface area contributed by atoms with E-state index in [1.807, 2.05) is 13.0 Å². The summed E-state index contributed by atoms with van der Waals surface area (Å²) in [4.78, 5) is 4.27. The number of aromatic nitrogens is 1. The summed E-state index contributed by atoms with van der Waals surface area (Å²) in [6.45, 7) is 3.06. The van der Waals surface area contributed by atoms with Crippen LogP contribution in [0.2, 0.25) is 0 Å². The van der Waals surface area contributed by atoms with Crippen LogP contribution in [-0.4, -0.2) is 11.5 Å². The van der Waals surface area contributed by atoms with Crippen LogP contribution in [0.5, 0.6) is 0 Å². The minimum Gasteiger partial charge on any atom is -0.397 e. The summed E-state index contributed by atoms with van der Waals surface area (Å²) in [5.74, 6) is 1.99. The predicted octanol–water partition coefficient (Wildman–Crippen LogP) is 2.57. The number of hydrogen-bond donors (Lipinski definition) is 2. The molecule has 0 unspecified atom stereocenters. The molecule has 1 heterocycles. The predicted molar refractivity (Wildman–Crippen MR) is 63.8 cm³/mol. The zero-order valence-electron chi connectivity index (χ0n) is 9.29. The van der Waals surface area contributed by atoms with Crippen LogP contribution in [0.15, 0.2) is 12.3 Å². The summed E-state index contributed by atoms with van der Waals surface area (Å²) in [6.07, 6.45) is 7.20. The Morgan fingerprint density at radius 3 is 3.00 bits per heavy atom. The average Bonchev–Trinajstić information content (AvgIpc) is 2.99. The molecular weight excluding hydrogens is 186 g/mol. The monoisotopic (exact) mass is 205 g/mol. The van der Waals surface area contributed by atoms with Crippen LogP contribution in [0.4, 0.5) is 11.5 Å². The molecule has 2 rings (SSSR count). The Labute approximate surface area is 91.1 Å². The summed E-state index contributed by atoms with van der Waals surface area (Å²) >= 11 is 0. The van der Waals surface area contributed by atoms with E-state index in [-0.39, 0.29) is 0 Å². The average molecular weight is 205 g/mol. The number of nitrogens with two attached hydrogens (primary N) is 1. The van der Waals surface area contributed by atoms with Crippen molar-refractivity contribution in [3.05, 3.63) is 17.8 Å². The molecule has 1 aromatic heterocycles. The van der Waals surface area contributed by atoms with Gasteiger partial charge < -0.3 is 11.1 Å². The number of nitrogens with one attached hydrogen (secondary N) is 1. The van der Waals surface area contributed by atoms with E-state index in [0.717, 1.165) is 29.5 Å². The zero-order valence-corrected chi connectivity index (χ0v) is 9.29. The highest BCUT2D eigenvalue weighted by Crippen LogP contribution is 2.33. The molecule has 0 saturated heterocycles. The lowest BCUT2D eigenvalue weighted by Crippen LogP contribution is -2.05. The first-order valence-electron chi connectivity index (χ1n) is 5.71. The van der Waals surface area contributed by atoms with Crippen LogP contribution in [-0.2, 0) is 0 Å². The van der Waals surface area contributed by atoms with Crippen LogP contribution < -0.4 is 11.1 Å². The summed E-state index contributed by atoms with van der Waals surface area (Å²) in [6, 6.07) is 1.95. The second-order valence-corrected chi connectivity index (χ2v) is 4.45. The van der Waals surface area contributed by atoms with E-state index in [1.165, 1.54) is 25.7 Å². The van der Waals surface area contributed by atoms with Crippen molar-refractivity contribution in [1.82, 2.24) is 4.98 Å². The Bertz CT molecular complexity index is 332. The van der Waals surface area contributed by atoms with Gasteiger partial charge in [0.2, 0.25) is 0 Å². The maximum absolute atomic E-state index is 5.64. The van der Waals surface area contributed by atoms with Crippen molar-refractivity contribution in [1.29, 1.82) is 0 Å². The van der Waals surface area contributed by atoms with Crippen LogP contribution in [0.25, 0.3) is 0 Å². The van der Waals surface area contributed by atoms with Gasteiger partial charge in [0.05, 0.1) is 11.9 Å². The van der Waals surface area contributed by atoms with Gasteiger partial charge in [0.25, 0.3) is 0 Å². The largest absolute Gasteiger partial charge is 0.397 e. The highest BCUT2D eigenvalue weighted by molar-refractivity contribution is 5.50. The van der Waals surface area contributed by atoms with E-state index in [1.54, 1.807) is 6.20 Å². The molecule has 1 aliphatic carbocycles. The number of anilines is 2. The molecule has 3 N–H and O–H groups in total. The molecule has 0 spiro atoms. The van der Waals surface area contributed by atoms with E-state index in [4.69, 9.17) is 5.73 Å². The third-order valence-corrected chi connectivity index (χ3v) is 2.88. The lowest BCUT2D eigenvalue weighted by atomic mass is 10.2. The summed E-state index contributed by atoms with van der Waals surface area (Å²) in [7, 11) is 0. The van der Waals surface area contributed by atoms with Crippen molar-refractivity contribution in [3.63, 3.8) is 0 Å². The molecule has 0 amide bonds. The molecule has 1 saturated carbocycles. The first-order chi connectivity index (χ1) is 7.25. The fourth-order valence-corrected chi connectivity index (χ4v) is 1.79. The van der Waals surface area contributed by atoms with Crippen molar-refractivity contribution in [2.45, 2.75) is 32.6 Å². The lowest BCUT2D eigenvalue weighted by molar-refractivity contribution is 0.686. The van der Waals surface area contributed by atoms with Gasteiger partial charge in [-0.15, -0.1) is 0 Å². The number of hydrogen-bond acceptors (Lipinski definition) is 3. The highest BCUT2D eigenvalue weighted by atomic mass is 15.0. The molecule has 3 nitrogen and oxygen atoms in total. The molecule has 0 aromatic carbocycles. The van der Waals surface area contributed by atoms with E-state index in [0.29, 0.717) is 0 Å². The third kappa shape index (κ3) is 3.11. The van der Waals surface area contributed by atoms with Gasteiger partial charge in [0.15, 0.2) is 0 Å². The van der Waals surface area contributed by atoms with Crippen LogP contribution in [0.1, 0.15) is 31.2 Å². The SMILES string of the molecule is Cc1cc(N)cnc1NCCCC1CC1. The van der Waals surface area contributed by atoms with E-state index in [2.05, 4.69) is 10.3 Å². The minimum atomic E-state index is 0.732. The van der Waals surface area contributed by atoms with Crippen molar-refractivity contribution in [2.24, 2.45) is 5.92 Å². The van der Waals surface area contributed by atoms with Gasteiger partial charge in [0, 0.05) is 6.54 Å². The number of nitrogen functional groups attached to an aromatic ring is 1. The van der Waals surface area contributed by atoms with Gasteiger partial charge in [-0.3, -0.25) is 0 Å². The van der Waals surface area contributed by atoms with Crippen LogP contribution in [0.3, 0.4) is 0 Å². The minimum absolute atomic E-state index is 0.732. The standard InChI is InChI=1S/C12H19N3/c1-9-7-11(13)8-15-12(9)14-6-2-3-10-4-5-10/h7-8,10H,2-6,13H2,1H3,(H,14,15). The molecule has 1 aliphatic rings. The van der Waals surface area contributed by atoms with Crippen molar-refractivity contribution >= 4 is 11.5 Å². The van der Waals surface area contributed by atoms with Crippen molar-refractivity contribution in [2.75, 3.05) is 17.6 Å². The molecule has 1 aromatic rings. The normalized spacial score (nSPS) is 15.3. The van der Waals surface area contributed by atoms with Crippen molar-refractivity contribution in [3.8, 4) is 0 Å². The molecule has 0 aliphatic heterocycles. The Kier molecular flexibility index (Phi) is 3.09. The second kappa shape index (κ2) is 4.51. The highest BCUT2D eigenvalue weighted by Gasteiger charge is 2.19. The number of aryl methyl sites for hydroxylation is 1. The maximum atomic E-state index is 5.64. The molecule has 1 fully saturated rings. The molecule has 82 valence electrons. The van der Waals surface area contributed by atoms with Gasteiger partial charge in [-0.05, 0) is 37.3 Å². The first-order valence-corrected chi connectivity index (χ1v) is 5.71. The summed E-state index contributed by atoms with van der Waals surface area (Å²) in [5, 5.41) is 3.36.